The largest absolute Gasteiger partial charge is 0.343 e. The molecule has 0 radical (unpaired) electrons. The van der Waals surface area contributed by atoms with Crippen molar-refractivity contribution in [1.82, 2.24) is 10.2 Å². The number of aliphatic imine (C=N–C) groups is 1. The second-order valence-corrected chi connectivity index (χ2v) is 10.2. The second-order valence-electron chi connectivity index (χ2n) is 8.78. The number of piperidine rings is 1. The normalized spacial score (nSPS) is 38.6. The molecule has 2 spiro atoms. The third-order valence-corrected chi connectivity index (χ3v) is 8.60. The van der Waals surface area contributed by atoms with Crippen molar-refractivity contribution in [2.45, 2.75) is 49.3 Å². The molecule has 8 heteroatoms. The Morgan fingerprint density at radius 2 is 2.11 bits per heavy atom. The Bertz CT molecular complexity index is 1050. The van der Waals surface area contributed by atoms with E-state index in [0.29, 0.717) is 18.6 Å². The van der Waals surface area contributed by atoms with Crippen LogP contribution < -0.4 is 10.2 Å². The van der Waals surface area contributed by atoms with Crippen LogP contribution in [-0.4, -0.2) is 39.3 Å². The highest BCUT2D eigenvalue weighted by molar-refractivity contribution is 9.10. The fourth-order valence-electron chi connectivity index (χ4n) is 6.11. The van der Waals surface area contributed by atoms with Crippen LogP contribution in [0.5, 0.6) is 0 Å². The predicted molar refractivity (Wildman–Crippen MR) is 109 cm³/mol. The lowest BCUT2D eigenvalue weighted by molar-refractivity contribution is -0.129. The molecular weight excluding hydrogens is 444 g/mol. The van der Waals surface area contributed by atoms with Gasteiger partial charge in [0, 0.05) is 45.9 Å². The van der Waals surface area contributed by atoms with E-state index in [1.54, 1.807) is 0 Å². The third kappa shape index (κ3) is 1.56. The van der Waals surface area contributed by atoms with Gasteiger partial charge < -0.3 is 10.2 Å². The summed E-state index contributed by atoms with van der Waals surface area (Å²) < 4.78 is 0.954. The quantitative estimate of drug-likeness (QED) is 0.599. The highest BCUT2D eigenvalue weighted by atomic mass is 79.9. The first kappa shape index (κ1) is 17.0. The van der Waals surface area contributed by atoms with E-state index in [2.05, 4.69) is 57.1 Å². The number of fused-ring (bicyclic) bond motifs is 2. The number of urea groups is 1. The first-order valence-corrected chi connectivity index (χ1v) is 10.6. The molecule has 2 fully saturated rings. The number of carbonyl (C=O) groups excluding carboxylic acids is 2. The number of hydrogen-bond donors (Lipinski definition) is 1. The van der Waals surface area contributed by atoms with E-state index in [-0.39, 0.29) is 23.2 Å². The molecule has 0 aromatic heterocycles. The van der Waals surface area contributed by atoms with Gasteiger partial charge in [0.05, 0.1) is 5.71 Å². The molecule has 0 saturated carbocycles. The fraction of sp³-hybridized carbons (Fsp3) is 0.450. The smallest absolute Gasteiger partial charge is 0.318 e. The van der Waals surface area contributed by atoms with Gasteiger partial charge in [0.15, 0.2) is 5.66 Å². The number of amides is 3. The summed E-state index contributed by atoms with van der Waals surface area (Å²) in [6.07, 6.45) is 4.66. The Labute approximate surface area is 175 Å². The summed E-state index contributed by atoms with van der Waals surface area (Å²) in [6.45, 7) is 4.15. The van der Waals surface area contributed by atoms with Gasteiger partial charge >= 0.3 is 6.03 Å². The number of nitrogens with zero attached hydrogens (tertiary/aromatic N) is 3. The number of carbonyl (C=O) groups is 2. The van der Waals surface area contributed by atoms with Crippen LogP contribution in [0.15, 0.2) is 39.9 Å². The van der Waals surface area contributed by atoms with Crippen LogP contribution in [0.25, 0.3) is 0 Å². The Kier molecular flexibility index (Phi) is 2.93. The van der Waals surface area contributed by atoms with Crippen molar-refractivity contribution in [2.24, 2.45) is 10.4 Å². The van der Waals surface area contributed by atoms with Gasteiger partial charge in [0.1, 0.15) is 5.66 Å². The molecule has 1 aromatic rings. The number of nitrogens with one attached hydrogen (secondary N) is 1. The number of halogens is 2. The van der Waals surface area contributed by atoms with Crippen LogP contribution in [-0.2, 0) is 4.79 Å². The molecule has 2 saturated heterocycles. The van der Waals surface area contributed by atoms with E-state index < -0.39 is 16.7 Å². The molecule has 2 bridgehead atoms. The summed E-state index contributed by atoms with van der Waals surface area (Å²) in [5.41, 5.74) is 0.664. The molecule has 144 valence electrons. The molecule has 28 heavy (non-hydrogen) atoms. The minimum absolute atomic E-state index is 0.0150. The molecule has 0 aliphatic carbocycles. The second kappa shape index (κ2) is 4.82. The molecule has 4 atom stereocenters. The number of alkyl halides is 1. The lowest BCUT2D eigenvalue weighted by Crippen LogP contribution is -2.81. The standard InChI is InChI=1S/C20H18BrClN4O2/c1-18(2)14(22)9-19-12-8-16(27)25(19)6-5-15-20(18,24-17(28)23-15)26(19)13-7-10(21)3-4-11(12)13/h3-7,12,14H,8-9H2,1-2H3,(H,24,28)/t12-,14?,19+,20-/m1/s1. The van der Waals surface area contributed by atoms with Gasteiger partial charge in [-0.05, 0) is 23.8 Å². The van der Waals surface area contributed by atoms with Gasteiger partial charge in [-0.25, -0.2) is 4.79 Å². The van der Waals surface area contributed by atoms with E-state index in [0.717, 1.165) is 15.7 Å². The highest BCUT2D eigenvalue weighted by Gasteiger charge is 2.76. The molecular formula is C20H18BrClN4O2. The van der Waals surface area contributed by atoms with Gasteiger partial charge in [-0.1, -0.05) is 35.8 Å². The molecule has 1 N–H and O–H groups in total. The van der Waals surface area contributed by atoms with Crippen molar-refractivity contribution in [2.75, 3.05) is 4.90 Å². The average Bonchev–Trinajstić information content (AvgIpc) is 3.14. The highest BCUT2D eigenvalue weighted by Crippen LogP contribution is 2.67. The van der Waals surface area contributed by atoms with Crippen LogP contribution in [0.3, 0.4) is 0 Å². The number of anilines is 1. The zero-order valence-corrected chi connectivity index (χ0v) is 17.7. The van der Waals surface area contributed by atoms with Crippen molar-refractivity contribution < 1.29 is 9.59 Å². The van der Waals surface area contributed by atoms with E-state index in [4.69, 9.17) is 11.6 Å². The minimum atomic E-state index is -0.922. The molecule has 6 nitrogen and oxygen atoms in total. The predicted octanol–water partition coefficient (Wildman–Crippen LogP) is 3.71. The lowest BCUT2D eigenvalue weighted by atomic mass is 9.65. The summed E-state index contributed by atoms with van der Waals surface area (Å²) in [6, 6.07) is 5.81. The number of benzene rings is 1. The molecule has 1 aromatic carbocycles. The molecule has 3 amide bonds. The van der Waals surface area contributed by atoms with E-state index in [1.807, 2.05) is 23.2 Å². The maximum absolute atomic E-state index is 13.0. The average molecular weight is 462 g/mol. The maximum Gasteiger partial charge on any atom is 0.343 e. The molecule has 5 heterocycles. The molecule has 5 aliphatic heterocycles. The van der Waals surface area contributed by atoms with Gasteiger partial charge in [-0.15, -0.1) is 11.6 Å². The summed E-state index contributed by atoms with van der Waals surface area (Å²) in [4.78, 5) is 34.0. The van der Waals surface area contributed by atoms with Crippen LogP contribution in [0.4, 0.5) is 10.5 Å². The Hall–Kier alpha value is -1.86. The van der Waals surface area contributed by atoms with Crippen molar-refractivity contribution in [3.05, 3.63) is 40.5 Å². The van der Waals surface area contributed by atoms with Crippen LogP contribution in [0, 0.1) is 5.41 Å². The molecule has 5 aliphatic rings. The van der Waals surface area contributed by atoms with Gasteiger partial charge in [0.2, 0.25) is 5.91 Å². The minimum Gasteiger partial charge on any atom is -0.318 e. The SMILES string of the molecule is CC1(C)C(Cl)C[C@]23[C@@H]4CC(=O)N2C=CC2=NC(=O)N[C@@]21N3c1cc(Br)ccc14. The van der Waals surface area contributed by atoms with E-state index in [9.17, 15) is 9.59 Å². The summed E-state index contributed by atoms with van der Waals surface area (Å²) >= 11 is 10.6. The van der Waals surface area contributed by atoms with Crippen molar-refractivity contribution >= 4 is 50.9 Å². The van der Waals surface area contributed by atoms with Crippen molar-refractivity contribution in [1.29, 1.82) is 0 Å². The summed E-state index contributed by atoms with van der Waals surface area (Å²) in [5.74, 6) is 0.0595. The van der Waals surface area contributed by atoms with Crippen LogP contribution in [0.2, 0.25) is 0 Å². The van der Waals surface area contributed by atoms with Gasteiger partial charge in [-0.3, -0.25) is 9.69 Å². The summed E-state index contributed by atoms with van der Waals surface area (Å²) in [7, 11) is 0. The Morgan fingerprint density at radius 1 is 1.32 bits per heavy atom. The Morgan fingerprint density at radius 3 is 2.89 bits per heavy atom. The number of hydrogen-bond acceptors (Lipinski definition) is 3. The zero-order valence-electron chi connectivity index (χ0n) is 15.4. The van der Waals surface area contributed by atoms with Crippen molar-refractivity contribution in [3.8, 4) is 0 Å². The van der Waals surface area contributed by atoms with Gasteiger partial charge in [-0.2, -0.15) is 4.99 Å². The summed E-state index contributed by atoms with van der Waals surface area (Å²) in [5, 5.41) is 2.90. The monoisotopic (exact) mass is 460 g/mol. The maximum atomic E-state index is 13.0. The lowest BCUT2D eigenvalue weighted by Gasteiger charge is -2.63. The van der Waals surface area contributed by atoms with E-state index in [1.165, 1.54) is 0 Å². The fourth-order valence-corrected chi connectivity index (χ4v) is 6.84. The van der Waals surface area contributed by atoms with Crippen LogP contribution >= 0.6 is 27.5 Å². The first-order valence-electron chi connectivity index (χ1n) is 9.39. The first-order chi connectivity index (χ1) is 13.2. The van der Waals surface area contributed by atoms with Crippen molar-refractivity contribution in [3.63, 3.8) is 0 Å². The number of rotatable bonds is 0. The molecule has 6 rings (SSSR count). The van der Waals surface area contributed by atoms with E-state index >= 15 is 0 Å². The third-order valence-electron chi connectivity index (χ3n) is 7.41. The topological polar surface area (TPSA) is 65.0 Å². The van der Waals surface area contributed by atoms with Crippen LogP contribution in [0.1, 0.15) is 38.2 Å². The zero-order chi connectivity index (χ0) is 19.6. The molecule has 1 unspecified atom stereocenters. The van der Waals surface area contributed by atoms with Gasteiger partial charge in [0.25, 0.3) is 0 Å². The Balaban J connectivity index is 1.77.